The van der Waals surface area contributed by atoms with E-state index >= 15 is 0 Å². The summed E-state index contributed by atoms with van der Waals surface area (Å²) in [6.07, 6.45) is 4.69. The Labute approximate surface area is 323 Å². The molecular formula is C52H33N3O. The average molecular weight is 716 g/mol. The maximum Gasteiger partial charge on any atom is 0.160 e. The maximum atomic E-state index is 7.14. The van der Waals surface area contributed by atoms with Crippen LogP contribution in [0, 0.1) is 0 Å². The second kappa shape index (κ2) is 12.1. The van der Waals surface area contributed by atoms with Crippen molar-refractivity contribution >= 4 is 60.9 Å². The van der Waals surface area contributed by atoms with Crippen LogP contribution in [0.15, 0.2) is 186 Å². The van der Waals surface area contributed by atoms with Gasteiger partial charge in [0.15, 0.2) is 11.4 Å². The lowest BCUT2D eigenvalue weighted by atomic mass is 9.80. The Morgan fingerprint density at radius 3 is 2.04 bits per heavy atom. The molecule has 2 aliphatic rings. The van der Waals surface area contributed by atoms with E-state index in [4.69, 9.17) is 14.4 Å². The van der Waals surface area contributed by atoms with Crippen LogP contribution in [0.25, 0.3) is 83.5 Å². The Morgan fingerprint density at radius 2 is 1.20 bits per heavy atom. The molecule has 0 fully saturated rings. The first-order valence-electron chi connectivity index (χ1n) is 19.2. The van der Waals surface area contributed by atoms with Gasteiger partial charge in [0.2, 0.25) is 0 Å². The van der Waals surface area contributed by atoms with E-state index in [9.17, 15) is 0 Å². The molecule has 0 spiro atoms. The summed E-state index contributed by atoms with van der Waals surface area (Å²) < 4.78 is 7.14. The molecule has 3 heterocycles. The lowest BCUT2D eigenvalue weighted by molar-refractivity contribution is 0.663. The minimum atomic E-state index is 0.0560. The van der Waals surface area contributed by atoms with Crippen LogP contribution in [-0.4, -0.2) is 16.0 Å². The van der Waals surface area contributed by atoms with Gasteiger partial charge in [-0.3, -0.25) is 0 Å². The van der Waals surface area contributed by atoms with Gasteiger partial charge in [0, 0.05) is 39.1 Å². The van der Waals surface area contributed by atoms with Gasteiger partial charge in [0.1, 0.15) is 5.58 Å². The van der Waals surface area contributed by atoms with Crippen molar-refractivity contribution in [3.63, 3.8) is 0 Å². The molecule has 0 bridgehead atoms. The number of furan rings is 1. The summed E-state index contributed by atoms with van der Waals surface area (Å²) in [5.41, 5.74) is 12.7. The quantitative estimate of drug-likeness (QED) is 0.182. The summed E-state index contributed by atoms with van der Waals surface area (Å²) in [5, 5.41) is 6.97. The number of aromatic nitrogens is 2. The van der Waals surface area contributed by atoms with Crippen molar-refractivity contribution in [2.75, 3.05) is 4.90 Å². The molecule has 8 aromatic carbocycles. The number of hydrogen-bond acceptors (Lipinski definition) is 4. The highest BCUT2D eigenvalue weighted by atomic mass is 16.3. The van der Waals surface area contributed by atoms with E-state index in [-0.39, 0.29) is 12.0 Å². The normalized spacial score (nSPS) is 15.8. The van der Waals surface area contributed by atoms with Crippen LogP contribution in [0.1, 0.15) is 22.6 Å². The van der Waals surface area contributed by atoms with Crippen molar-refractivity contribution in [3.8, 4) is 33.9 Å². The van der Waals surface area contributed by atoms with E-state index in [0.717, 1.165) is 61.1 Å². The fraction of sp³-hybridized carbons (Fsp3) is 0.0385. The molecule has 2 unspecified atom stereocenters. The summed E-state index contributed by atoms with van der Waals surface area (Å²) in [5.74, 6) is 0.842. The molecule has 10 aromatic rings. The van der Waals surface area contributed by atoms with Gasteiger partial charge in [-0.2, -0.15) is 0 Å². The van der Waals surface area contributed by atoms with Crippen LogP contribution < -0.4 is 4.90 Å². The topological polar surface area (TPSA) is 42.2 Å². The molecule has 2 aromatic heterocycles. The third kappa shape index (κ3) is 4.66. The van der Waals surface area contributed by atoms with E-state index < -0.39 is 0 Å². The fourth-order valence-electron chi connectivity index (χ4n) is 9.29. The molecule has 262 valence electrons. The molecule has 0 radical (unpaired) electrons. The summed E-state index contributed by atoms with van der Waals surface area (Å²) in [6.45, 7) is 0. The summed E-state index contributed by atoms with van der Waals surface area (Å²) in [7, 11) is 0. The largest absolute Gasteiger partial charge is 0.454 e. The number of rotatable bonds is 4. The Balaban J connectivity index is 1.16. The summed E-state index contributed by atoms with van der Waals surface area (Å²) >= 11 is 0. The highest BCUT2D eigenvalue weighted by Crippen LogP contribution is 2.56. The smallest absolute Gasteiger partial charge is 0.160 e. The molecule has 1 aliphatic heterocycles. The first-order chi connectivity index (χ1) is 27.8. The van der Waals surface area contributed by atoms with E-state index in [1.54, 1.807) is 0 Å². The minimum absolute atomic E-state index is 0.0560. The van der Waals surface area contributed by atoms with Crippen molar-refractivity contribution in [2.24, 2.45) is 0 Å². The molecule has 12 rings (SSSR count). The SMILES string of the molecule is C1=CC2C(c3ccccc31)c1c(ccc3ccccc13)N2c1ccc(-c2cc(-c3ccccc3)nc(-c3ccccc3)n2)c2c1oc1cc3ccccc3cc12. The fourth-order valence-corrected chi connectivity index (χ4v) is 9.29. The number of benzene rings is 8. The summed E-state index contributed by atoms with van der Waals surface area (Å²) in [4.78, 5) is 12.9. The molecule has 0 saturated carbocycles. The van der Waals surface area contributed by atoms with Gasteiger partial charge in [0.25, 0.3) is 0 Å². The predicted octanol–water partition coefficient (Wildman–Crippen LogP) is 13.4. The molecule has 1 aliphatic carbocycles. The lowest BCUT2D eigenvalue weighted by Gasteiger charge is -2.31. The Morgan fingerprint density at radius 1 is 0.518 bits per heavy atom. The van der Waals surface area contributed by atoms with Gasteiger partial charge in [0.05, 0.1) is 23.1 Å². The van der Waals surface area contributed by atoms with Crippen LogP contribution in [-0.2, 0) is 0 Å². The number of anilines is 2. The van der Waals surface area contributed by atoms with Crippen molar-refractivity contribution in [3.05, 3.63) is 199 Å². The van der Waals surface area contributed by atoms with Gasteiger partial charge in [-0.05, 0) is 74.6 Å². The molecule has 2 atom stereocenters. The number of nitrogens with zero attached hydrogens (tertiary/aromatic N) is 3. The van der Waals surface area contributed by atoms with E-state index in [2.05, 4.69) is 169 Å². The molecule has 4 nitrogen and oxygen atoms in total. The minimum Gasteiger partial charge on any atom is -0.454 e. The van der Waals surface area contributed by atoms with E-state index in [0.29, 0.717) is 5.82 Å². The Bertz CT molecular complexity index is 3160. The van der Waals surface area contributed by atoms with Crippen LogP contribution >= 0.6 is 0 Å². The van der Waals surface area contributed by atoms with Gasteiger partial charge >= 0.3 is 0 Å². The van der Waals surface area contributed by atoms with Crippen molar-refractivity contribution in [1.29, 1.82) is 0 Å². The number of hydrogen-bond donors (Lipinski definition) is 0. The van der Waals surface area contributed by atoms with Crippen molar-refractivity contribution in [2.45, 2.75) is 12.0 Å². The van der Waals surface area contributed by atoms with Crippen molar-refractivity contribution < 1.29 is 4.42 Å². The summed E-state index contributed by atoms with van der Waals surface area (Å²) in [6, 6.07) is 62.6. The zero-order valence-electron chi connectivity index (χ0n) is 30.3. The first kappa shape index (κ1) is 31.1. The van der Waals surface area contributed by atoms with Gasteiger partial charge in [-0.1, -0.05) is 152 Å². The lowest BCUT2D eigenvalue weighted by Crippen LogP contribution is -2.30. The van der Waals surface area contributed by atoms with Crippen molar-refractivity contribution in [1.82, 2.24) is 9.97 Å². The number of fused-ring (bicyclic) bond motifs is 11. The first-order valence-corrected chi connectivity index (χ1v) is 19.2. The zero-order chi connectivity index (χ0) is 36.7. The average Bonchev–Trinajstić information content (AvgIpc) is 3.82. The Kier molecular flexibility index (Phi) is 6.72. The third-order valence-electron chi connectivity index (χ3n) is 11.8. The molecule has 56 heavy (non-hydrogen) atoms. The monoisotopic (exact) mass is 715 g/mol. The Hall–Kier alpha value is -7.30. The second-order valence-corrected chi connectivity index (χ2v) is 14.9. The molecule has 0 N–H and O–H groups in total. The van der Waals surface area contributed by atoms with E-state index in [1.165, 1.54) is 38.5 Å². The van der Waals surface area contributed by atoms with Crippen LogP contribution in [0.4, 0.5) is 11.4 Å². The highest BCUT2D eigenvalue weighted by Gasteiger charge is 2.43. The third-order valence-corrected chi connectivity index (χ3v) is 11.8. The van der Waals surface area contributed by atoms with Crippen LogP contribution in [0.2, 0.25) is 0 Å². The van der Waals surface area contributed by atoms with Gasteiger partial charge in [-0.15, -0.1) is 0 Å². The highest BCUT2D eigenvalue weighted by molar-refractivity contribution is 6.19. The zero-order valence-corrected chi connectivity index (χ0v) is 30.3. The molecule has 0 amide bonds. The standard InChI is InChI=1S/C52H33N3O/c1-3-15-34(16-4-1)42-31-43(54-52(53-42)35-17-5-2-6-18-35)40-25-28-46(51-48(40)41-29-36-19-7-8-20-37(36)30-47(41)56-51)55-44-26-23-32-13-9-11-21-38(32)49(44)50-39-22-12-10-14-33(39)24-27-45(50)55/h1-31,44,49H. The second-order valence-electron chi connectivity index (χ2n) is 14.9. The molecular weight excluding hydrogens is 683 g/mol. The molecule has 0 saturated heterocycles. The molecule has 4 heteroatoms. The van der Waals surface area contributed by atoms with Gasteiger partial charge < -0.3 is 9.32 Å². The van der Waals surface area contributed by atoms with Crippen LogP contribution in [0.5, 0.6) is 0 Å². The predicted molar refractivity (Wildman–Crippen MR) is 230 cm³/mol. The van der Waals surface area contributed by atoms with Gasteiger partial charge in [-0.25, -0.2) is 9.97 Å². The maximum absolute atomic E-state index is 7.14. The van der Waals surface area contributed by atoms with E-state index in [1.807, 2.05) is 24.3 Å². The van der Waals surface area contributed by atoms with Crippen LogP contribution in [0.3, 0.4) is 0 Å².